The maximum absolute atomic E-state index is 13.0. The molecular weight excluding hydrogens is 412 g/mol. The molecule has 1 N–H and O–H groups in total. The van der Waals surface area contributed by atoms with Gasteiger partial charge in [-0.2, -0.15) is 0 Å². The van der Waals surface area contributed by atoms with Crippen LogP contribution in [0.15, 0.2) is 66.4 Å². The Morgan fingerprint density at radius 1 is 1.10 bits per heavy atom. The molecule has 0 bridgehead atoms. The molecule has 2 aromatic carbocycles. The topological polar surface area (TPSA) is 68.3 Å². The highest BCUT2D eigenvalue weighted by Crippen LogP contribution is 2.27. The van der Waals surface area contributed by atoms with Gasteiger partial charge in [-0.15, -0.1) is 0 Å². The minimum absolute atomic E-state index is 0.0734. The fourth-order valence-corrected chi connectivity index (χ4v) is 3.22. The number of methoxy groups -OCH3 is 1. The number of nitrogens with zero attached hydrogens (tertiary/aromatic N) is 1. The van der Waals surface area contributed by atoms with Crippen molar-refractivity contribution < 1.29 is 14.3 Å². The van der Waals surface area contributed by atoms with Gasteiger partial charge in [0.15, 0.2) is 0 Å². The lowest BCUT2D eigenvalue weighted by atomic mass is 9.94. The molecule has 1 amide bonds. The van der Waals surface area contributed by atoms with E-state index in [9.17, 15) is 9.59 Å². The Bertz CT molecular complexity index is 1250. The van der Waals surface area contributed by atoms with E-state index in [4.69, 9.17) is 16.3 Å². The van der Waals surface area contributed by atoms with E-state index in [1.54, 1.807) is 67.9 Å². The van der Waals surface area contributed by atoms with Crippen molar-refractivity contribution in [1.29, 1.82) is 0 Å². The lowest BCUT2D eigenvalue weighted by Crippen LogP contribution is -2.27. The SMILES string of the molecule is COc1ccc(CC#Cc2ccc3c(c2)C(=O)C(=Cc2ccc(Cl)cc2)C(=O)N3)cn1. The Kier molecular flexibility index (Phi) is 5.83. The quantitative estimate of drug-likeness (QED) is 0.377. The van der Waals surface area contributed by atoms with Crippen LogP contribution in [0.2, 0.25) is 5.02 Å². The first-order valence-corrected chi connectivity index (χ1v) is 9.86. The van der Waals surface area contributed by atoms with Crippen LogP contribution in [-0.2, 0) is 11.2 Å². The molecule has 1 aliphatic rings. The minimum atomic E-state index is -0.432. The van der Waals surface area contributed by atoms with E-state index in [1.165, 1.54) is 0 Å². The van der Waals surface area contributed by atoms with E-state index in [0.29, 0.717) is 34.1 Å². The predicted octanol–water partition coefficient (Wildman–Crippen LogP) is 4.56. The number of Topliss-reactive ketones (excluding diaryl/α,β-unsaturated/α-hetero) is 1. The van der Waals surface area contributed by atoms with Crippen molar-refractivity contribution in [3.05, 3.63) is 93.6 Å². The third-order valence-electron chi connectivity index (χ3n) is 4.71. The fraction of sp³-hybridized carbons (Fsp3) is 0.0800. The summed E-state index contributed by atoms with van der Waals surface area (Å²) in [5, 5.41) is 3.35. The van der Waals surface area contributed by atoms with Crippen LogP contribution in [0.5, 0.6) is 5.88 Å². The number of carbonyl (C=O) groups is 2. The number of anilines is 1. The molecule has 3 aromatic rings. The number of ether oxygens (including phenoxy) is 1. The van der Waals surface area contributed by atoms with Gasteiger partial charge in [0.25, 0.3) is 5.91 Å². The summed E-state index contributed by atoms with van der Waals surface area (Å²) in [6.45, 7) is 0. The molecule has 31 heavy (non-hydrogen) atoms. The molecule has 0 unspecified atom stereocenters. The average Bonchev–Trinajstić information content (AvgIpc) is 2.79. The maximum Gasteiger partial charge on any atom is 0.259 e. The number of carbonyl (C=O) groups excluding carboxylic acids is 2. The number of aromatic nitrogens is 1. The Hall–Kier alpha value is -3.88. The Morgan fingerprint density at radius 2 is 1.90 bits per heavy atom. The molecule has 0 atom stereocenters. The highest BCUT2D eigenvalue weighted by Gasteiger charge is 2.28. The highest BCUT2D eigenvalue weighted by molar-refractivity contribution is 6.36. The van der Waals surface area contributed by atoms with Crippen molar-refractivity contribution in [2.45, 2.75) is 6.42 Å². The van der Waals surface area contributed by atoms with Gasteiger partial charge in [-0.25, -0.2) is 4.98 Å². The van der Waals surface area contributed by atoms with Crippen molar-refractivity contribution in [1.82, 2.24) is 4.98 Å². The molecule has 0 saturated heterocycles. The number of halogens is 1. The average molecular weight is 429 g/mol. The summed E-state index contributed by atoms with van der Waals surface area (Å²) in [6, 6.07) is 15.8. The molecule has 0 spiro atoms. The number of fused-ring (bicyclic) bond motifs is 1. The largest absolute Gasteiger partial charge is 0.481 e. The van der Waals surface area contributed by atoms with Crippen LogP contribution >= 0.6 is 11.6 Å². The molecule has 4 rings (SSSR count). The smallest absolute Gasteiger partial charge is 0.259 e. The van der Waals surface area contributed by atoms with Gasteiger partial charge in [0.05, 0.1) is 18.4 Å². The number of benzene rings is 2. The first-order chi connectivity index (χ1) is 15.0. The van der Waals surface area contributed by atoms with Crippen molar-refractivity contribution in [2.24, 2.45) is 0 Å². The van der Waals surface area contributed by atoms with Gasteiger partial charge in [-0.05, 0) is 47.5 Å². The molecule has 1 aliphatic heterocycles. The van der Waals surface area contributed by atoms with E-state index in [-0.39, 0.29) is 11.4 Å². The van der Waals surface area contributed by atoms with Gasteiger partial charge in [-0.1, -0.05) is 41.6 Å². The summed E-state index contributed by atoms with van der Waals surface area (Å²) < 4.78 is 5.05. The number of pyridine rings is 1. The van der Waals surface area contributed by atoms with Gasteiger partial charge in [0.2, 0.25) is 11.7 Å². The zero-order valence-corrected chi connectivity index (χ0v) is 17.4. The number of nitrogens with one attached hydrogen (secondary N) is 1. The zero-order chi connectivity index (χ0) is 21.8. The third-order valence-corrected chi connectivity index (χ3v) is 4.97. The monoisotopic (exact) mass is 428 g/mol. The molecule has 0 radical (unpaired) electrons. The van der Waals surface area contributed by atoms with Crippen LogP contribution in [-0.4, -0.2) is 23.8 Å². The van der Waals surface area contributed by atoms with Crippen molar-refractivity contribution in [3.8, 4) is 17.7 Å². The second-order valence-corrected chi connectivity index (χ2v) is 7.28. The zero-order valence-electron chi connectivity index (χ0n) is 16.6. The Labute approximate surface area is 184 Å². The van der Waals surface area contributed by atoms with Crippen LogP contribution in [0.25, 0.3) is 6.08 Å². The van der Waals surface area contributed by atoms with E-state index in [0.717, 1.165) is 11.1 Å². The van der Waals surface area contributed by atoms with Crippen LogP contribution in [0.3, 0.4) is 0 Å². The maximum atomic E-state index is 13.0. The summed E-state index contributed by atoms with van der Waals surface area (Å²) in [5.41, 5.74) is 3.34. The molecular formula is C25H17ClN2O3. The Balaban J connectivity index is 1.57. The molecule has 5 nitrogen and oxygen atoms in total. The van der Waals surface area contributed by atoms with Gasteiger partial charge in [0, 0.05) is 34.8 Å². The number of hydrogen-bond donors (Lipinski definition) is 1. The number of hydrogen-bond acceptors (Lipinski definition) is 4. The van der Waals surface area contributed by atoms with E-state index in [2.05, 4.69) is 22.1 Å². The van der Waals surface area contributed by atoms with Crippen LogP contribution in [0, 0.1) is 11.8 Å². The second kappa shape index (κ2) is 8.86. The molecule has 1 aromatic heterocycles. The lowest BCUT2D eigenvalue weighted by Gasteiger charge is -2.18. The summed E-state index contributed by atoms with van der Waals surface area (Å²) >= 11 is 5.90. The predicted molar refractivity (Wildman–Crippen MR) is 120 cm³/mol. The molecule has 0 fully saturated rings. The lowest BCUT2D eigenvalue weighted by molar-refractivity contribution is -0.112. The van der Waals surface area contributed by atoms with E-state index in [1.807, 2.05) is 6.07 Å². The highest BCUT2D eigenvalue weighted by atomic mass is 35.5. The van der Waals surface area contributed by atoms with Gasteiger partial charge < -0.3 is 10.1 Å². The standard InChI is InChI=1S/C25H17ClN2O3/c1-31-23-12-8-18(15-27-23)4-2-3-16-7-11-22-20(13-16)24(29)21(25(30)28-22)14-17-5-9-19(26)10-6-17/h5-15H,4H2,1H3,(H,28,30). The molecule has 6 heteroatoms. The van der Waals surface area contributed by atoms with Gasteiger partial charge >= 0.3 is 0 Å². The van der Waals surface area contributed by atoms with Crippen molar-refractivity contribution >= 4 is 35.1 Å². The van der Waals surface area contributed by atoms with Crippen LogP contribution in [0.1, 0.15) is 27.0 Å². The molecule has 2 heterocycles. The summed E-state index contributed by atoms with van der Waals surface area (Å²) in [6.07, 6.45) is 3.79. The first kappa shape index (κ1) is 20.4. The number of ketones is 1. The number of amides is 1. The van der Waals surface area contributed by atoms with Crippen LogP contribution < -0.4 is 10.1 Å². The normalized spacial score (nSPS) is 13.8. The molecule has 0 saturated carbocycles. The summed E-state index contributed by atoms with van der Waals surface area (Å²) in [7, 11) is 1.57. The fourth-order valence-electron chi connectivity index (χ4n) is 3.10. The first-order valence-electron chi connectivity index (χ1n) is 9.48. The minimum Gasteiger partial charge on any atom is -0.481 e. The second-order valence-electron chi connectivity index (χ2n) is 6.84. The molecule has 152 valence electrons. The van der Waals surface area contributed by atoms with Crippen LogP contribution in [0.4, 0.5) is 5.69 Å². The van der Waals surface area contributed by atoms with Gasteiger partial charge in [-0.3, -0.25) is 9.59 Å². The van der Waals surface area contributed by atoms with Crippen molar-refractivity contribution in [3.63, 3.8) is 0 Å². The Morgan fingerprint density at radius 3 is 2.61 bits per heavy atom. The van der Waals surface area contributed by atoms with E-state index >= 15 is 0 Å². The van der Waals surface area contributed by atoms with Gasteiger partial charge in [0.1, 0.15) is 0 Å². The van der Waals surface area contributed by atoms with E-state index < -0.39 is 5.91 Å². The summed E-state index contributed by atoms with van der Waals surface area (Å²) in [4.78, 5) is 29.6. The third kappa shape index (κ3) is 4.66. The molecule has 0 aliphatic carbocycles. The summed E-state index contributed by atoms with van der Waals surface area (Å²) in [5.74, 6) is 5.93. The number of rotatable bonds is 3. The van der Waals surface area contributed by atoms with Crippen molar-refractivity contribution in [2.75, 3.05) is 12.4 Å².